The molecule has 0 amide bonds. The Morgan fingerprint density at radius 3 is 2.37 bits per heavy atom. The van der Waals surface area contributed by atoms with Crippen LogP contribution in [0.5, 0.6) is 17.2 Å². The summed E-state index contributed by atoms with van der Waals surface area (Å²) in [6, 6.07) is 7.64. The third-order valence-electron chi connectivity index (χ3n) is 4.35. The summed E-state index contributed by atoms with van der Waals surface area (Å²) in [5.41, 5.74) is 3.54. The molecule has 0 aliphatic carbocycles. The minimum Gasteiger partial charge on any atom is -0.493 e. The van der Waals surface area contributed by atoms with Gasteiger partial charge in [-0.1, -0.05) is 6.08 Å². The van der Waals surface area contributed by atoms with E-state index in [0.29, 0.717) is 23.8 Å². The first-order chi connectivity index (χ1) is 14.6. The lowest BCUT2D eigenvalue weighted by atomic mass is 10.1. The molecule has 0 atom stereocenters. The topological polar surface area (TPSA) is 70.2 Å². The monoisotopic (exact) mass is 424 g/mol. The number of benzene rings is 1. The second-order valence-corrected chi connectivity index (χ2v) is 7.02. The van der Waals surface area contributed by atoms with Crippen LogP contribution in [0.1, 0.15) is 12.5 Å². The molecule has 0 unspecified atom stereocenters. The lowest BCUT2D eigenvalue weighted by Crippen LogP contribution is -2.14. The van der Waals surface area contributed by atoms with Gasteiger partial charge < -0.3 is 14.2 Å². The summed E-state index contributed by atoms with van der Waals surface area (Å²) in [5.74, 6) is 1.69. The zero-order valence-corrected chi connectivity index (χ0v) is 18.3. The molecule has 1 aromatic carbocycles. The number of thiazole rings is 1. The maximum atomic E-state index is 5.51. The van der Waals surface area contributed by atoms with Crippen LogP contribution in [0.3, 0.4) is 0 Å². The SMILES string of the molecule is C=CCN=c1scc(-c2cc(OC)c(OC)c(OC)c2)n1N=C(C)c1ccncc1. The Labute approximate surface area is 179 Å². The number of hydrogen-bond acceptors (Lipinski definition) is 7. The Bertz CT molecular complexity index is 1090. The predicted molar refractivity (Wildman–Crippen MR) is 120 cm³/mol. The molecule has 0 N–H and O–H groups in total. The summed E-state index contributed by atoms with van der Waals surface area (Å²) in [6.45, 7) is 6.21. The Hall–Kier alpha value is -3.39. The smallest absolute Gasteiger partial charge is 0.206 e. The van der Waals surface area contributed by atoms with Gasteiger partial charge in [-0.05, 0) is 31.2 Å². The number of hydrogen-bond donors (Lipinski definition) is 0. The summed E-state index contributed by atoms with van der Waals surface area (Å²) in [6.07, 6.45) is 5.24. The van der Waals surface area contributed by atoms with E-state index in [2.05, 4.69) is 16.6 Å². The maximum Gasteiger partial charge on any atom is 0.206 e. The molecule has 0 aliphatic heterocycles. The van der Waals surface area contributed by atoms with Crippen molar-refractivity contribution in [2.45, 2.75) is 6.92 Å². The van der Waals surface area contributed by atoms with Gasteiger partial charge in [-0.3, -0.25) is 9.98 Å². The third kappa shape index (κ3) is 4.44. The summed E-state index contributed by atoms with van der Waals surface area (Å²) in [4.78, 5) is 9.42. The van der Waals surface area contributed by atoms with Crippen molar-refractivity contribution >= 4 is 17.0 Å². The van der Waals surface area contributed by atoms with Gasteiger partial charge in [0.15, 0.2) is 11.5 Å². The van der Waals surface area contributed by atoms with Crippen molar-refractivity contribution in [3.63, 3.8) is 0 Å². The Morgan fingerprint density at radius 2 is 1.80 bits per heavy atom. The Balaban J connectivity index is 2.22. The average Bonchev–Trinajstić information content (AvgIpc) is 3.19. The first-order valence-electron chi connectivity index (χ1n) is 9.21. The van der Waals surface area contributed by atoms with E-state index in [9.17, 15) is 0 Å². The molecule has 0 saturated heterocycles. The molecule has 3 aromatic rings. The van der Waals surface area contributed by atoms with Crippen LogP contribution < -0.4 is 19.0 Å². The van der Waals surface area contributed by atoms with Crippen molar-refractivity contribution in [2.24, 2.45) is 10.1 Å². The van der Waals surface area contributed by atoms with Crippen LogP contribution in [0, 0.1) is 0 Å². The van der Waals surface area contributed by atoms with E-state index in [0.717, 1.165) is 27.3 Å². The van der Waals surface area contributed by atoms with E-state index >= 15 is 0 Å². The lowest BCUT2D eigenvalue weighted by Gasteiger charge is -2.14. The number of ether oxygens (including phenoxy) is 3. The van der Waals surface area contributed by atoms with Crippen LogP contribution in [-0.4, -0.2) is 43.2 Å². The van der Waals surface area contributed by atoms with E-state index in [1.165, 1.54) is 11.3 Å². The molecular weight excluding hydrogens is 400 g/mol. The van der Waals surface area contributed by atoms with Crippen LogP contribution in [-0.2, 0) is 0 Å². The van der Waals surface area contributed by atoms with Crippen molar-refractivity contribution in [3.05, 3.63) is 65.1 Å². The van der Waals surface area contributed by atoms with Gasteiger partial charge in [-0.2, -0.15) is 5.10 Å². The maximum absolute atomic E-state index is 5.51. The molecule has 0 spiro atoms. The highest BCUT2D eigenvalue weighted by Gasteiger charge is 2.17. The Kier molecular flexibility index (Phi) is 7.03. The molecule has 30 heavy (non-hydrogen) atoms. The van der Waals surface area contributed by atoms with Crippen LogP contribution in [0.4, 0.5) is 0 Å². The zero-order valence-electron chi connectivity index (χ0n) is 17.5. The Morgan fingerprint density at radius 1 is 1.13 bits per heavy atom. The second kappa shape index (κ2) is 9.89. The van der Waals surface area contributed by atoms with Gasteiger partial charge in [0, 0.05) is 28.9 Å². The molecule has 0 aliphatic rings. The first kappa shape index (κ1) is 21.3. The largest absolute Gasteiger partial charge is 0.493 e. The van der Waals surface area contributed by atoms with Crippen LogP contribution in [0.25, 0.3) is 11.3 Å². The normalized spacial score (nSPS) is 12.0. The van der Waals surface area contributed by atoms with E-state index in [1.54, 1.807) is 39.8 Å². The predicted octanol–water partition coefficient (Wildman–Crippen LogP) is 4.00. The zero-order chi connectivity index (χ0) is 21.5. The fourth-order valence-electron chi connectivity index (χ4n) is 2.88. The van der Waals surface area contributed by atoms with Gasteiger partial charge in [0.25, 0.3) is 0 Å². The molecular formula is C22H24N4O3S. The summed E-state index contributed by atoms with van der Waals surface area (Å²) < 4.78 is 18.3. The van der Waals surface area contributed by atoms with Crippen molar-refractivity contribution in [1.29, 1.82) is 0 Å². The highest BCUT2D eigenvalue weighted by molar-refractivity contribution is 7.07. The molecule has 0 saturated carbocycles. The lowest BCUT2D eigenvalue weighted by molar-refractivity contribution is 0.324. The first-order valence-corrected chi connectivity index (χ1v) is 10.1. The van der Waals surface area contributed by atoms with Crippen LogP contribution >= 0.6 is 11.3 Å². The van der Waals surface area contributed by atoms with E-state index in [1.807, 2.05) is 41.2 Å². The van der Waals surface area contributed by atoms with Gasteiger partial charge >= 0.3 is 0 Å². The average molecular weight is 425 g/mol. The number of nitrogens with zero attached hydrogens (tertiary/aromatic N) is 4. The van der Waals surface area contributed by atoms with E-state index in [4.69, 9.17) is 19.3 Å². The van der Waals surface area contributed by atoms with Gasteiger partial charge in [-0.25, -0.2) is 4.68 Å². The molecule has 8 heteroatoms. The molecule has 3 rings (SSSR count). The van der Waals surface area contributed by atoms with Gasteiger partial charge in [0.2, 0.25) is 10.6 Å². The fourth-order valence-corrected chi connectivity index (χ4v) is 3.72. The molecule has 2 aromatic heterocycles. The second-order valence-electron chi connectivity index (χ2n) is 6.18. The fraction of sp³-hybridized carbons (Fsp3) is 0.227. The van der Waals surface area contributed by atoms with Crippen molar-refractivity contribution in [1.82, 2.24) is 9.66 Å². The third-order valence-corrected chi connectivity index (χ3v) is 5.20. The summed E-state index contributed by atoms with van der Waals surface area (Å²) >= 11 is 1.50. The number of methoxy groups -OCH3 is 3. The standard InChI is InChI=1S/C22H24N4O3S/c1-6-9-24-22-26(25-15(2)16-7-10-23-11-8-16)18(14-30-22)17-12-19(27-3)21(29-5)20(13-17)28-4/h6-8,10-14H,1,9H2,2-5H3. The molecule has 2 heterocycles. The molecule has 0 bridgehead atoms. The minimum atomic E-state index is 0.499. The van der Waals surface area contributed by atoms with E-state index in [-0.39, 0.29) is 0 Å². The van der Waals surface area contributed by atoms with Crippen molar-refractivity contribution < 1.29 is 14.2 Å². The van der Waals surface area contributed by atoms with Gasteiger partial charge in [0.05, 0.1) is 39.3 Å². The van der Waals surface area contributed by atoms with Crippen molar-refractivity contribution in [2.75, 3.05) is 27.9 Å². The molecule has 156 valence electrons. The highest BCUT2D eigenvalue weighted by Crippen LogP contribution is 2.41. The van der Waals surface area contributed by atoms with E-state index < -0.39 is 0 Å². The quantitative estimate of drug-likeness (QED) is 0.405. The van der Waals surface area contributed by atoms with Crippen LogP contribution in [0.15, 0.2) is 64.8 Å². The van der Waals surface area contributed by atoms with Gasteiger partial charge in [0.1, 0.15) is 0 Å². The van der Waals surface area contributed by atoms with Crippen LogP contribution in [0.2, 0.25) is 0 Å². The number of pyridine rings is 1. The highest BCUT2D eigenvalue weighted by atomic mass is 32.1. The van der Waals surface area contributed by atoms with Gasteiger partial charge in [-0.15, -0.1) is 17.9 Å². The number of rotatable bonds is 8. The van der Waals surface area contributed by atoms with Crippen molar-refractivity contribution in [3.8, 4) is 28.5 Å². The summed E-state index contributed by atoms with van der Waals surface area (Å²) in [5, 5.41) is 6.85. The number of aromatic nitrogens is 2. The minimum absolute atomic E-state index is 0.499. The molecule has 0 radical (unpaired) electrons. The molecule has 7 nitrogen and oxygen atoms in total. The molecule has 0 fully saturated rings. The summed E-state index contributed by atoms with van der Waals surface area (Å²) in [7, 11) is 4.78.